The topological polar surface area (TPSA) is 97.5 Å². The zero-order valence-electron chi connectivity index (χ0n) is 16.1. The number of esters is 2. The molecule has 0 saturated carbocycles. The molecule has 7 nitrogen and oxygen atoms in total. The minimum Gasteiger partial charge on any atom is -0.461 e. The van der Waals surface area contributed by atoms with Crippen molar-refractivity contribution in [3.05, 3.63) is 52.1 Å². The van der Waals surface area contributed by atoms with Gasteiger partial charge in [0.1, 0.15) is 5.69 Å². The van der Waals surface area contributed by atoms with Gasteiger partial charge in [0.2, 0.25) is 0 Å². The number of carbonyl (C=O) groups is 3. The van der Waals surface area contributed by atoms with Crippen LogP contribution in [-0.2, 0) is 14.3 Å². The molecule has 0 saturated heterocycles. The number of aromatic nitrogens is 1. The van der Waals surface area contributed by atoms with Crippen LogP contribution in [0.5, 0.6) is 0 Å². The van der Waals surface area contributed by atoms with Crippen molar-refractivity contribution in [2.24, 2.45) is 0 Å². The quantitative estimate of drug-likeness (QED) is 0.560. The number of hydrogen-bond donors (Lipinski definition) is 2. The Bertz CT molecular complexity index is 971. The second-order valence-electron chi connectivity index (χ2n) is 6.11. The number of hydrogen-bond acceptors (Lipinski definition) is 5. The molecule has 2 N–H and O–H groups in total. The number of benzene rings is 1. The molecular weight excluding hydrogens is 393 g/mol. The number of anilines is 1. The standard InChI is InChI=1S/C19H19F3N2O5/c1-5-28-19(27)16-8(2)13(9(3)23-16)18(26)29-10(4)17(25)24-12-7-6-11(20)14(21)15(12)22/h6-7,10,23H,5H2,1-4H3,(H,24,25)/t10-/m0/s1. The third-order valence-electron chi connectivity index (χ3n) is 4.07. The zero-order valence-corrected chi connectivity index (χ0v) is 16.1. The SMILES string of the molecule is CCOC(=O)c1[nH]c(C)c(C(=O)O[C@@H](C)C(=O)Nc2ccc(F)c(F)c2F)c1C. The van der Waals surface area contributed by atoms with Crippen LogP contribution >= 0.6 is 0 Å². The summed E-state index contributed by atoms with van der Waals surface area (Å²) in [5, 5.41) is 2.02. The Morgan fingerprint density at radius 1 is 1.10 bits per heavy atom. The van der Waals surface area contributed by atoms with E-state index >= 15 is 0 Å². The maximum absolute atomic E-state index is 13.7. The largest absolute Gasteiger partial charge is 0.461 e. The summed E-state index contributed by atoms with van der Waals surface area (Å²) in [5.41, 5.74) is 0.138. The first-order valence-corrected chi connectivity index (χ1v) is 8.60. The van der Waals surface area contributed by atoms with Gasteiger partial charge in [-0.25, -0.2) is 22.8 Å². The van der Waals surface area contributed by atoms with Crippen molar-refractivity contribution < 1.29 is 37.0 Å². The Labute approximate surface area is 164 Å². The molecule has 0 unspecified atom stereocenters. The highest BCUT2D eigenvalue weighted by Gasteiger charge is 2.27. The highest BCUT2D eigenvalue weighted by atomic mass is 19.2. The maximum Gasteiger partial charge on any atom is 0.355 e. The fraction of sp³-hybridized carbons (Fsp3) is 0.316. The van der Waals surface area contributed by atoms with E-state index in [1.165, 1.54) is 20.8 Å². The molecule has 0 aliphatic carbocycles. The highest BCUT2D eigenvalue weighted by Crippen LogP contribution is 2.22. The predicted octanol–water partition coefficient (Wildman–Crippen LogP) is 3.41. The van der Waals surface area contributed by atoms with Crippen LogP contribution in [0.25, 0.3) is 0 Å². The van der Waals surface area contributed by atoms with Gasteiger partial charge in [-0.1, -0.05) is 0 Å². The Hall–Kier alpha value is -3.30. The van der Waals surface area contributed by atoms with Gasteiger partial charge in [-0.2, -0.15) is 0 Å². The van der Waals surface area contributed by atoms with E-state index in [-0.39, 0.29) is 23.4 Å². The van der Waals surface area contributed by atoms with Crippen LogP contribution in [0.3, 0.4) is 0 Å². The molecule has 2 aromatic rings. The fourth-order valence-corrected chi connectivity index (χ4v) is 2.59. The Kier molecular flexibility index (Phi) is 6.68. The van der Waals surface area contributed by atoms with Gasteiger partial charge < -0.3 is 19.8 Å². The van der Waals surface area contributed by atoms with Gasteiger partial charge in [-0.05, 0) is 45.4 Å². The van der Waals surface area contributed by atoms with Crippen molar-refractivity contribution in [1.82, 2.24) is 4.98 Å². The number of halogens is 3. The van der Waals surface area contributed by atoms with Crippen LogP contribution in [0.15, 0.2) is 12.1 Å². The molecule has 1 aromatic heterocycles. The van der Waals surface area contributed by atoms with E-state index in [9.17, 15) is 27.6 Å². The molecule has 0 radical (unpaired) electrons. The van der Waals surface area contributed by atoms with Gasteiger partial charge in [-0.3, -0.25) is 4.79 Å². The lowest BCUT2D eigenvalue weighted by Gasteiger charge is -2.14. The Morgan fingerprint density at radius 2 is 1.76 bits per heavy atom. The number of rotatable bonds is 6. The van der Waals surface area contributed by atoms with Gasteiger partial charge in [0.15, 0.2) is 23.6 Å². The first-order chi connectivity index (χ1) is 13.6. The van der Waals surface area contributed by atoms with Crippen molar-refractivity contribution in [1.29, 1.82) is 0 Å². The zero-order chi connectivity index (χ0) is 21.9. The first kappa shape index (κ1) is 22.0. The van der Waals surface area contributed by atoms with E-state index in [1.807, 2.05) is 5.32 Å². The summed E-state index contributed by atoms with van der Waals surface area (Å²) in [4.78, 5) is 39.2. The number of ether oxygens (including phenoxy) is 2. The highest BCUT2D eigenvalue weighted by molar-refractivity contribution is 6.01. The molecule has 156 valence electrons. The molecule has 2 rings (SSSR count). The summed E-state index contributed by atoms with van der Waals surface area (Å²) in [5.74, 6) is -7.23. The van der Waals surface area contributed by atoms with Gasteiger partial charge in [0.25, 0.3) is 5.91 Å². The fourth-order valence-electron chi connectivity index (χ4n) is 2.59. The van der Waals surface area contributed by atoms with Gasteiger partial charge in [0, 0.05) is 5.69 Å². The summed E-state index contributed by atoms with van der Waals surface area (Å²) < 4.78 is 49.9. The maximum atomic E-state index is 13.7. The number of H-pyrrole nitrogens is 1. The number of carbonyl (C=O) groups excluding carboxylic acids is 3. The van der Waals surface area contributed by atoms with Crippen LogP contribution in [0.2, 0.25) is 0 Å². The molecule has 1 heterocycles. The number of aryl methyl sites for hydroxylation is 1. The normalized spacial score (nSPS) is 11.7. The van der Waals surface area contributed by atoms with Crippen molar-refractivity contribution in [3.8, 4) is 0 Å². The summed E-state index contributed by atoms with van der Waals surface area (Å²) in [7, 11) is 0. The average Bonchev–Trinajstić information content (AvgIpc) is 2.96. The van der Waals surface area contributed by atoms with Gasteiger partial charge in [0.05, 0.1) is 17.9 Å². The summed E-state index contributed by atoms with van der Waals surface area (Å²) in [6.45, 7) is 6.04. The molecule has 1 amide bonds. The third kappa shape index (κ3) is 4.58. The average molecular weight is 412 g/mol. The molecule has 1 atom stereocenters. The van der Waals surface area contributed by atoms with E-state index in [0.717, 1.165) is 6.07 Å². The van der Waals surface area contributed by atoms with Gasteiger partial charge in [-0.15, -0.1) is 0 Å². The smallest absolute Gasteiger partial charge is 0.355 e. The van der Waals surface area contributed by atoms with E-state index in [4.69, 9.17) is 9.47 Å². The minimum absolute atomic E-state index is 0.0479. The van der Waals surface area contributed by atoms with Crippen molar-refractivity contribution in [3.63, 3.8) is 0 Å². The monoisotopic (exact) mass is 412 g/mol. The molecule has 29 heavy (non-hydrogen) atoms. The lowest BCUT2D eigenvalue weighted by Crippen LogP contribution is -2.30. The molecule has 0 fully saturated rings. The predicted molar refractivity (Wildman–Crippen MR) is 96.0 cm³/mol. The second kappa shape index (κ2) is 8.80. The molecule has 10 heteroatoms. The van der Waals surface area contributed by atoms with Crippen molar-refractivity contribution in [2.75, 3.05) is 11.9 Å². The first-order valence-electron chi connectivity index (χ1n) is 8.60. The molecule has 1 aromatic carbocycles. The lowest BCUT2D eigenvalue weighted by atomic mass is 10.1. The second-order valence-corrected chi connectivity index (χ2v) is 6.11. The summed E-state index contributed by atoms with van der Waals surface area (Å²) in [6.07, 6.45) is -1.39. The van der Waals surface area contributed by atoms with Crippen LogP contribution < -0.4 is 5.32 Å². The third-order valence-corrected chi connectivity index (χ3v) is 4.07. The van der Waals surface area contributed by atoms with E-state index in [2.05, 4.69) is 4.98 Å². The summed E-state index contributed by atoms with van der Waals surface area (Å²) >= 11 is 0. The summed E-state index contributed by atoms with van der Waals surface area (Å²) in [6, 6.07) is 1.49. The minimum atomic E-state index is -1.74. The molecule has 0 bridgehead atoms. The van der Waals surface area contributed by atoms with Crippen LogP contribution in [0.1, 0.15) is 46.0 Å². The van der Waals surface area contributed by atoms with E-state index < -0.39 is 47.1 Å². The van der Waals surface area contributed by atoms with E-state index in [1.54, 1.807) is 6.92 Å². The van der Waals surface area contributed by atoms with Gasteiger partial charge >= 0.3 is 11.9 Å². The van der Waals surface area contributed by atoms with Crippen molar-refractivity contribution >= 4 is 23.5 Å². The number of aromatic amines is 1. The molecule has 0 aliphatic heterocycles. The van der Waals surface area contributed by atoms with Crippen LogP contribution in [0.4, 0.5) is 18.9 Å². The molecule has 0 aliphatic rings. The molecule has 0 spiro atoms. The number of nitrogens with one attached hydrogen (secondary N) is 2. The van der Waals surface area contributed by atoms with E-state index in [0.29, 0.717) is 11.8 Å². The van der Waals surface area contributed by atoms with Crippen LogP contribution in [0, 0.1) is 31.3 Å². The lowest BCUT2D eigenvalue weighted by molar-refractivity contribution is -0.123. The number of amides is 1. The Morgan fingerprint density at radius 3 is 2.38 bits per heavy atom. The Balaban J connectivity index is 2.14. The van der Waals surface area contributed by atoms with Crippen LogP contribution in [-0.4, -0.2) is 35.5 Å². The molecular formula is C19H19F3N2O5. The van der Waals surface area contributed by atoms with Crippen molar-refractivity contribution in [2.45, 2.75) is 33.8 Å².